The van der Waals surface area contributed by atoms with Crippen LogP contribution < -0.4 is 0 Å². The van der Waals surface area contributed by atoms with Crippen molar-refractivity contribution in [2.24, 2.45) is 0 Å². The van der Waals surface area contributed by atoms with E-state index in [1.807, 2.05) is 12.2 Å². The van der Waals surface area contributed by atoms with E-state index in [0.717, 1.165) is 6.42 Å². The highest BCUT2D eigenvalue weighted by Gasteiger charge is 2.25. The van der Waals surface area contributed by atoms with E-state index in [1.54, 1.807) is 0 Å². The summed E-state index contributed by atoms with van der Waals surface area (Å²) in [6.45, 7) is 1.15. The van der Waals surface area contributed by atoms with Crippen molar-refractivity contribution >= 4 is 10.0 Å². The average molecular weight is 257 g/mol. The predicted molar refractivity (Wildman–Crippen MR) is 61.8 cm³/mol. The normalized spacial score (nSPS) is 17.5. The molecule has 2 rings (SSSR count). The summed E-state index contributed by atoms with van der Waals surface area (Å²) in [5.74, 6) is 0. The molecule has 0 unspecified atom stereocenters. The molecule has 0 spiro atoms. The lowest BCUT2D eigenvalue weighted by molar-refractivity contribution is 0.269. The molecule has 0 bridgehead atoms. The third kappa shape index (κ3) is 2.56. The summed E-state index contributed by atoms with van der Waals surface area (Å²) in [6.07, 6.45) is 7.33. The zero-order chi connectivity index (χ0) is 12.3. The summed E-state index contributed by atoms with van der Waals surface area (Å²) in [6, 6.07) is 0. The van der Waals surface area contributed by atoms with Gasteiger partial charge in [-0.15, -0.1) is 0 Å². The van der Waals surface area contributed by atoms with Gasteiger partial charge in [-0.2, -0.15) is 9.40 Å². The minimum absolute atomic E-state index is 0.0619. The highest BCUT2D eigenvalue weighted by molar-refractivity contribution is 7.89. The Labute approximate surface area is 100 Å². The fourth-order valence-corrected chi connectivity index (χ4v) is 3.05. The lowest BCUT2D eigenvalue weighted by Crippen LogP contribution is -2.33. The average Bonchev–Trinajstić information content (AvgIpc) is 2.80. The SMILES string of the molecule is O=S(=O)(c1cnn(CCO)c1)N1CC=CCC1. The standard InChI is InChI=1S/C10H15N3O3S/c14-7-6-12-9-10(8-11-12)17(15,16)13-4-2-1-3-5-13/h1-2,8-9,14H,3-7H2. The fourth-order valence-electron chi connectivity index (χ4n) is 1.69. The van der Waals surface area contributed by atoms with E-state index >= 15 is 0 Å². The number of aromatic nitrogens is 2. The Morgan fingerprint density at radius 2 is 2.24 bits per heavy atom. The van der Waals surface area contributed by atoms with Crippen LogP contribution in [0.15, 0.2) is 29.4 Å². The molecule has 0 saturated heterocycles. The molecule has 2 heterocycles. The smallest absolute Gasteiger partial charge is 0.246 e. The monoisotopic (exact) mass is 257 g/mol. The quantitative estimate of drug-likeness (QED) is 0.760. The van der Waals surface area contributed by atoms with Gasteiger partial charge in [0.15, 0.2) is 0 Å². The maximum atomic E-state index is 12.2. The van der Waals surface area contributed by atoms with E-state index in [0.29, 0.717) is 19.6 Å². The van der Waals surface area contributed by atoms with Crippen LogP contribution >= 0.6 is 0 Å². The molecule has 1 aromatic rings. The van der Waals surface area contributed by atoms with E-state index in [1.165, 1.54) is 21.4 Å². The molecule has 1 aliphatic rings. The second-order valence-electron chi connectivity index (χ2n) is 3.79. The molecule has 7 heteroatoms. The van der Waals surface area contributed by atoms with Crippen molar-refractivity contribution in [3.8, 4) is 0 Å². The first-order chi connectivity index (χ1) is 8.14. The van der Waals surface area contributed by atoms with Crippen molar-refractivity contribution in [3.63, 3.8) is 0 Å². The Hall–Kier alpha value is -1.18. The fraction of sp³-hybridized carbons (Fsp3) is 0.500. The Kier molecular flexibility index (Phi) is 3.60. The molecule has 0 saturated carbocycles. The highest BCUT2D eigenvalue weighted by atomic mass is 32.2. The maximum Gasteiger partial charge on any atom is 0.246 e. The minimum atomic E-state index is -3.44. The van der Waals surface area contributed by atoms with Crippen LogP contribution in [0.2, 0.25) is 0 Å². The van der Waals surface area contributed by atoms with Crippen molar-refractivity contribution in [2.45, 2.75) is 17.9 Å². The van der Waals surface area contributed by atoms with Crippen molar-refractivity contribution in [3.05, 3.63) is 24.5 Å². The van der Waals surface area contributed by atoms with Gasteiger partial charge in [-0.25, -0.2) is 8.42 Å². The van der Waals surface area contributed by atoms with Crippen molar-refractivity contribution in [1.29, 1.82) is 0 Å². The Bertz CT molecular complexity index is 507. The first-order valence-electron chi connectivity index (χ1n) is 5.43. The van der Waals surface area contributed by atoms with E-state index in [4.69, 9.17) is 5.11 Å². The summed E-state index contributed by atoms with van der Waals surface area (Å²) in [5, 5.41) is 12.7. The number of hydrogen-bond acceptors (Lipinski definition) is 4. The highest BCUT2D eigenvalue weighted by Crippen LogP contribution is 2.17. The van der Waals surface area contributed by atoms with Crippen LogP contribution in [-0.2, 0) is 16.6 Å². The molecule has 0 atom stereocenters. The summed E-state index contributed by atoms with van der Waals surface area (Å²) in [5.41, 5.74) is 0. The maximum absolute atomic E-state index is 12.2. The number of sulfonamides is 1. The molecule has 0 radical (unpaired) electrons. The van der Waals surface area contributed by atoms with E-state index < -0.39 is 10.0 Å². The molecule has 6 nitrogen and oxygen atoms in total. The second kappa shape index (κ2) is 4.99. The van der Waals surface area contributed by atoms with E-state index in [2.05, 4.69) is 5.10 Å². The number of aliphatic hydroxyl groups is 1. The van der Waals surface area contributed by atoms with Gasteiger partial charge in [0.2, 0.25) is 10.0 Å². The zero-order valence-electron chi connectivity index (χ0n) is 9.36. The van der Waals surface area contributed by atoms with Crippen LogP contribution in [0.3, 0.4) is 0 Å². The Morgan fingerprint density at radius 1 is 1.41 bits per heavy atom. The first kappa shape index (κ1) is 12.3. The molecular formula is C10H15N3O3S. The van der Waals surface area contributed by atoms with E-state index in [-0.39, 0.29) is 11.5 Å². The number of aliphatic hydroxyl groups excluding tert-OH is 1. The lowest BCUT2D eigenvalue weighted by atomic mass is 10.3. The first-order valence-corrected chi connectivity index (χ1v) is 6.87. The van der Waals surface area contributed by atoms with Crippen LogP contribution in [-0.4, -0.2) is 47.3 Å². The molecule has 1 aliphatic heterocycles. The largest absolute Gasteiger partial charge is 0.394 e. The van der Waals surface area contributed by atoms with Gasteiger partial charge in [0, 0.05) is 19.3 Å². The van der Waals surface area contributed by atoms with Crippen molar-refractivity contribution < 1.29 is 13.5 Å². The van der Waals surface area contributed by atoms with E-state index in [9.17, 15) is 8.42 Å². The number of rotatable bonds is 4. The van der Waals surface area contributed by atoms with Crippen LogP contribution in [0.4, 0.5) is 0 Å². The van der Waals surface area contributed by atoms with Crippen LogP contribution in [0, 0.1) is 0 Å². The van der Waals surface area contributed by atoms with Gasteiger partial charge in [-0.1, -0.05) is 12.2 Å². The molecule has 0 amide bonds. The topological polar surface area (TPSA) is 75.4 Å². The van der Waals surface area contributed by atoms with Crippen molar-refractivity contribution in [2.75, 3.05) is 19.7 Å². The van der Waals surface area contributed by atoms with Gasteiger partial charge in [0.1, 0.15) is 4.90 Å². The summed E-state index contributed by atoms with van der Waals surface area (Å²) in [4.78, 5) is 0.182. The van der Waals surface area contributed by atoms with Crippen LogP contribution in [0.5, 0.6) is 0 Å². The summed E-state index contributed by atoms with van der Waals surface area (Å²) < 4.78 is 27.2. The van der Waals surface area contributed by atoms with Crippen molar-refractivity contribution in [1.82, 2.24) is 14.1 Å². The van der Waals surface area contributed by atoms with Gasteiger partial charge in [-0.3, -0.25) is 4.68 Å². The molecule has 1 aromatic heterocycles. The lowest BCUT2D eigenvalue weighted by Gasteiger charge is -2.21. The predicted octanol–water partition coefficient (Wildman–Crippen LogP) is -0.174. The molecule has 94 valence electrons. The zero-order valence-corrected chi connectivity index (χ0v) is 10.2. The second-order valence-corrected chi connectivity index (χ2v) is 5.72. The molecule has 0 fully saturated rings. The van der Waals surface area contributed by atoms with Gasteiger partial charge < -0.3 is 5.11 Å². The van der Waals surface area contributed by atoms with Gasteiger partial charge in [0.25, 0.3) is 0 Å². The number of hydrogen-bond donors (Lipinski definition) is 1. The van der Waals surface area contributed by atoms with Crippen LogP contribution in [0.1, 0.15) is 6.42 Å². The van der Waals surface area contributed by atoms with Gasteiger partial charge in [-0.05, 0) is 6.42 Å². The Balaban J connectivity index is 2.21. The molecular weight excluding hydrogens is 242 g/mol. The third-order valence-electron chi connectivity index (χ3n) is 2.60. The minimum Gasteiger partial charge on any atom is -0.394 e. The number of nitrogens with zero attached hydrogens (tertiary/aromatic N) is 3. The molecule has 17 heavy (non-hydrogen) atoms. The van der Waals surface area contributed by atoms with Gasteiger partial charge >= 0.3 is 0 Å². The van der Waals surface area contributed by atoms with Crippen LogP contribution in [0.25, 0.3) is 0 Å². The summed E-state index contributed by atoms with van der Waals surface area (Å²) >= 11 is 0. The molecule has 1 N–H and O–H groups in total. The Morgan fingerprint density at radius 3 is 2.88 bits per heavy atom. The third-order valence-corrected chi connectivity index (χ3v) is 4.42. The molecule has 0 aromatic carbocycles. The van der Waals surface area contributed by atoms with Gasteiger partial charge in [0.05, 0.1) is 19.3 Å². The summed E-state index contributed by atoms with van der Waals surface area (Å²) in [7, 11) is -3.44. The molecule has 0 aliphatic carbocycles.